The van der Waals surface area contributed by atoms with Crippen molar-refractivity contribution in [1.29, 1.82) is 0 Å². The van der Waals surface area contributed by atoms with Gasteiger partial charge in [0.25, 0.3) is 5.91 Å². The van der Waals surface area contributed by atoms with E-state index in [-0.39, 0.29) is 5.91 Å². The lowest BCUT2D eigenvalue weighted by molar-refractivity contribution is -0.0589. The minimum Gasteiger partial charge on any atom is -0.268 e. The van der Waals surface area contributed by atoms with Crippen molar-refractivity contribution in [3.8, 4) is 11.4 Å². The lowest BCUT2D eigenvalue weighted by atomic mass is 10.1. The molecule has 0 aliphatic carbocycles. The van der Waals surface area contributed by atoms with Crippen LogP contribution < -0.4 is 5.48 Å². The summed E-state index contributed by atoms with van der Waals surface area (Å²) in [6, 6.07) is 6.84. The highest BCUT2D eigenvalue weighted by Crippen LogP contribution is 2.14. The van der Waals surface area contributed by atoms with Gasteiger partial charge in [-0.05, 0) is 38.1 Å². The van der Waals surface area contributed by atoms with Gasteiger partial charge in [-0.3, -0.25) is 9.63 Å². The van der Waals surface area contributed by atoms with Crippen LogP contribution in [-0.2, 0) is 4.84 Å². The zero-order valence-corrected chi connectivity index (χ0v) is 11.0. The van der Waals surface area contributed by atoms with Crippen molar-refractivity contribution in [2.75, 3.05) is 0 Å². The van der Waals surface area contributed by atoms with Gasteiger partial charge in [-0.1, -0.05) is 12.1 Å². The predicted octanol–water partition coefficient (Wildman–Crippen LogP) is 1.33. The number of benzene rings is 1. The molecule has 0 atom stereocenters. The first-order valence-corrected chi connectivity index (χ1v) is 5.78. The van der Waals surface area contributed by atoms with Crippen LogP contribution in [0.15, 0.2) is 24.3 Å². The van der Waals surface area contributed by atoms with Gasteiger partial charge in [-0.2, -0.15) is 5.21 Å². The number of H-pyrrole nitrogens is 1. The molecule has 0 saturated heterocycles. The molecule has 0 saturated carbocycles. The fourth-order valence-electron chi connectivity index (χ4n) is 1.31. The molecule has 7 nitrogen and oxygen atoms in total. The third kappa shape index (κ3) is 3.59. The highest BCUT2D eigenvalue weighted by Gasteiger charge is 2.14. The van der Waals surface area contributed by atoms with E-state index in [1.165, 1.54) is 0 Å². The molecule has 2 N–H and O–H groups in total. The first-order valence-electron chi connectivity index (χ1n) is 5.78. The summed E-state index contributed by atoms with van der Waals surface area (Å²) in [4.78, 5) is 17.0. The summed E-state index contributed by atoms with van der Waals surface area (Å²) in [7, 11) is 0. The van der Waals surface area contributed by atoms with E-state index in [9.17, 15) is 4.79 Å². The van der Waals surface area contributed by atoms with Crippen LogP contribution in [0.1, 0.15) is 31.1 Å². The van der Waals surface area contributed by atoms with Crippen molar-refractivity contribution in [2.24, 2.45) is 0 Å². The topological polar surface area (TPSA) is 92.8 Å². The number of hydrogen-bond acceptors (Lipinski definition) is 5. The van der Waals surface area contributed by atoms with Gasteiger partial charge < -0.3 is 0 Å². The fourth-order valence-corrected chi connectivity index (χ4v) is 1.31. The minimum atomic E-state index is -0.430. The van der Waals surface area contributed by atoms with Gasteiger partial charge >= 0.3 is 0 Å². The number of tetrazole rings is 1. The number of hydrogen-bond donors (Lipinski definition) is 2. The molecule has 0 unspecified atom stereocenters. The Morgan fingerprint density at radius 1 is 1.26 bits per heavy atom. The number of carbonyl (C=O) groups excluding carboxylic acids is 1. The smallest absolute Gasteiger partial charge is 0.268 e. The quantitative estimate of drug-likeness (QED) is 0.813. The van der Waals surface area contributed by atoms with Crippen molar-refractivity contribution in [1.82, 2.24) is 26.1 Å². The molecular formula is C12H15N5O2. The van der Waals surface area contributed by atoms with E-state index in [1.807, 2.05) is 20.8 Å². The molecule has 7 heteroatoms. The molecule has 1 aromatic carbocycles. The number of rotatable bonds is 3. The summed E-state index contributed by atoms with van der Waals surface area (Å²) in [5, 5.41) is 13.6. The molecule has 1 heterocycles. The molecule has 1 amide bonds. The molecule has 2 rings (SSSR count). The van der Waals surface area contributed by atoms with Crippen molar-refractivity contribution < 1.29 is 9.63 Å². The maximum atomic E-state index is 11.8. The Morgan fingerprint density at radius 2 is 1.95 bits per heavy atom. The number of nitrogens with one attached hydrogen (secondary N) is 2. The average molecular weight is 261 g/mol. The van der Waals surface area contributed by atoms with Crippen LogP contribution >= 0.6 is 0 Å². The van der Waals surface area contributed by atoms with Gasteiger partial charge in [0.1, 0.15) is 0 Å². The van der Waals surface area contributed by atoms with E-state index in [4.69, 9.17) is 4.84 Å². The minimum absolute atomic E-state index is 0.297. The molecule has 1 aromatic heterocycles. The Bertz CT molecular complexity index is 542. The first kappa shape index (κ1) is 13.2. The van der Waals surface area contributed by atoms with Crippen molar-refractivity contribution in [2.45, 2.75) is 26.4 Å². The number of aromatic amines is 1. The van der Waals surface area contributed by atoms with E-state index < -0.39 is 5.60 Å². The summed E-state index contributed by atoms with van der Waals surface area (Å²) < 4.78 is 0. The van der Waals surface area contributed by atoms with E-state index >= 15 is 0 Å². The van der Waals surface area contributed by atoms with E-state index in [2.05, 4.69) is 26.1 Å². The number of carbonyl (C=O) groups is 1. The fraction of sp³-hybridized carbons (Fsp3) is 0.333. The number of aromatic nitrogens is 4. The van der Waals surface area contributed by atoms with E-state index in [0.717, 1.165) is 5.56 Å². The predicted molar refractivity (Wildman–Crippen MR) is 67.9 cm³/mol. The SMILES string of the molecule is CC(C)(C)ONC(=O)c1ccc(-c2nn[nH]n2)cc1. The zero-order valence-electron chi connectivity index (χ0n) is 11.0. The molecule has 2 aromatic rings. The Labute approximate surface area is 110 Å². The van der Waals surface area contributed by atoms with E-state index in [1.54, 1.807) is 24.3 Å². The van der Waals surface area contributed by atoms with Crippen LogP contribution in [0.5, 0.6) is 0 Å². The molecule has 0 radical (unpaired) electrons. The number of nitrogens with zero attached hydrogens (tertiary/aromatic N) is 3. The van der Waals surface area contributed by atoms with Gasteiger partial charge in [0.2, 0.25) is 5.82 Å². The van der Waals surface area contributed by atoms with Crippen LogP contribution in [0.25, 0.3) is 11.4 Å². The average Bonchev–Trinajstić information content (AvgIpc) is 2.89. The maximum Gasteiger partial charge on any atom is 0.274 e. The van der Waals surface area contributed by atoms with Crippen LogP contribution in [0, 0.1) is 0 Å². The largest absolute Gasteiger partial charge is 0.274 e. The lowest BCUT2D eigenvalue weighted by Gasteiger charge is -2.18. The molecule has 0 spiro atoms. The lowest BCUT2D eigenvalue weighted by Crippen LogP contribution is -2.33. The van der Waals surface area contributed by atoms with Crippen molar-refractivity contribution in [3.63, 3.8) is 0 Å². The Hall–Kier alpha value is -2.28. The molecular weight excluding hydrogens is 246 g/mol. The molecule has 0 aliphatic heterocycles. The maximum absolute atomic E-state index is 11.8. The second-order valence-corrected chi connectivity index (χ2v) is 4.96. The summed E-state index contributed by atoms with van der Waals surface area (Å²) >= 11 is 0. The number of amides is 1. The second-order valence-electron chi connectivity index (χ2n) is 4.96. The van der Waals surface area contributed by atoms with Gasteiger partial charge in [0.05, 0.1) is 5.60 Å². The van der Waals surface area contributed by atoms with E-state index in [0.29, 0.717) is 11.4 Å². The normalized spacial score (nSPS) is 11.3. The molecule has 0 bridgehead atoms. The third-order valence-electron chi connectivity index (χ3n) is 2.20. The van der Waals surface area contributed by atoms with Gasteiger partial charge in [-0.15, -0.1) is 10.2 Å². The van der Waals surface area contributed by atoms with Gasteiger partial charge in [0.15, 0.2) is 0 Å². The molecule has 19 heavy (non-hydrogen) atoms. The summed E-state index contributed by atoms with van der Waals surface area (Å²) in [6.07, 6.45) is 0. The number of hydroxylamine groups is 1. The standard InChI is InChI=1S/C12H15N5O2/c1-12(2,3)19-15-11(18)9-6-4-8(5-7-9)10-13-16-17-14-10/h4-7H,1-3H3,(H,15,18)(H,13,14,16,17). The van der Waals surface area contributed by atoms with Crippen molar-refractivity contribution in [3.05, 3.63) is 29.8 Å². The van der Waals surface area contributed by atoms with Crippen LogP contribution in [-0.4, -0.2) is 32.1 Å². The summed E-state index contributed by atoms with van der Waals surface area (Å²) in [6.45, 7) is 5.56. The zero-order chi connectivity index (χ0) is 13.9. The Morgan fingerprint density at radius 3 is 2.47 bits per heavy atom. The molecule has 0 aliphatic rings. The highest BCUT2D eigenvalue weighted by molar-refractivity contribution is 5.93. The Balaban J connectivity index is 2.04. The van der Waals surface area contributed by atoms with Crippen LogP contribution in [0.4, 0.5) is 0 Å². The molecule has 100 valence electrons. The van der Waals surface area contributed by atoms with Crippen LogP contribution in [0.3, 0.4) is 0 Å². The monoisotopic (exact) mass is 261 g/mol. The van der Waals surface area contributed by atoms with Gasteiger partial charge in [0, 0.05) is 11.1 Å². The second kappa shape index (κ2) is 5.15. The highest BCUT2D eigenvalue weighted by atomic mass is 16.7. The Kier molecular flexibility index (Phi) is 3.57. The first-order chi connectivity index (χ1) is 8.96. The third-order valence-corrected chi connectivity index (χ3v) is 2.20. The summed E-state index contributed by atoms with van der Waals surface area (Å²) in [5.41, 5.74) is 3.25. The summed E-state index contributed by atoms with van der Waals surface area (Å²) in [5.74, 6) is 0.187. The van der Waals surface area contributed by atoms with Gasteiger partial charge in [-0.25, -0.2) is 5.48 Å². The van der Waals surface area contributed by atoms with Crippen molar-refractivity contribution >= 4 is 5.91 Å². The van der Waals surface area contributed by atoms with Crippen LogP contribution in [0.2, 0.25) is 0 Å². The molecule has 0 fully saturated rings.